The summed E-state index contributed by atoms with van der Waals surface area (Å²) >= 11 is 5.91. The lowest BCUT2D eigenvalue weighted by Crippen LogP contribution is -2.43. The molecule has 8 heteroatoms. The Bertz CT molecular complexity index is 807. The number of hydrogen-bond acceptors (Lipinski definition) is 4. The van der Waals surface area contributed by atoms with E-state index in [1.54, 1.807) is 24.3 Å². The van der Waals surface area contributed by atoms with E-state index in [1.165, 1.54) is 9.25 Å². The minimum Gasteiger partial charge on any atom is -0.379 e. The van der Waals surface area contributed by atoms with E-state index in [2.05, 4.69) is 10.4 Å². The van der Waals surface area contributed by atoms with Gasteiger partial charge in [0, 0.05) is 18.1 Å². The molecule has 1 atom stereocenters. The molecule has 7 nitrogen and oxygen atoms in total. The number of carbonyl (C=O) groups is 1. The van der Waals surface area contributed by atoms with Crippen molar-refractivity contribution >= 4 is 17.5 Å². The van der Waals surface area contributed by atoms with Crippen molar-refractivity contribution in [2.45, 2.75) is 45.2 Å². The van der Waals surface area contributed by atoms with Gasteiger partial charge in [0.2, 0.25) is 5.91 Å². The molecule has 1 aliphatic rings. The van der Waals surface area contributed by atoms with Crippen molar-refractivity contribution in [3.05, 3.63) is 45.6 Å². The van der Waals surface area contributed by atoms with Crippen LogP contribution in [-0.2, 0) is 22.5 Å². The molecule has 1 N–H and O–H groups in total. The highest BCUT2D eigenvalue weighted by molar-refractivity contribution is 6.30. The number of nitrogens with zero attached hydrogens (tertiary/aromatic N) is 3. The summed E-state index contributed by atoms with van der Waals surface area (Å²) in [5, 5.41) is 7.95. The van der Waals surface area contributed by atoms with Crippen LogP contribution in [0.1, 0.15) is 32.0 Å². The van der Waals surface area contributed by atoms with Gasteiger partial charge in [-0.25, -0.2) is 4.79 Å². The van der Waals surface area contributed by atoms with Crippen LogP contribution in [0, 0.1) is 0 Å². The summed E-state index contributed by atoms with van der Waals surface area (Å²) in [6.07, 6.45) is 3.28. The monoisotopic (exact) mass is 378 g/mol. The lowest BCUT2D eigenvalue weighted by atomic mass is 10.1. The highest BCUT2D eigenvalue weighted by atomic mass is 35.5. The van der Waals surface area contributed by atoms with Gasteiger partial charge in [0.05, 0.1) is 18.3 Å². The fourth-order valence-electron chi connectivity index (χ4n) is 3.03. The predicted molar refractivity (Wildman–Crippen MR) is 98.8 cm³/mol. The Kier molecular flexibility index (Phi) is 6.11. The first kappa shape index (κ1) is 18.7. The van der Waals surface area contributed by atoms with Crippen molar-refractivity contribution in [1.82, 2.24) is 19.7 Å². The molecule has 1 fully saturated rings. The first-order chi connectivity index (χ1) is 12.6. The summed E-state index contributed by atoms with van der Waals surface area (Å²) in [7, 11) is 0. The summed E-state index contributed by atoms with van der Waals surface area (Å²) in [6, 6.07) is 6.88. The molecular formula is C18H23ClN4O3. The van der Waals surface area contributed by atoms with Crippen LogP contribution >= 0.6 is 11.6 Å². The number of hydrogen-bond donors (Lipinski definition) is 1. The molecule has 0 spiro atoms. The van der Waals surface area contributed by atoms with Gasteiger partial charge in [-0.3, -0.25) is 9.36 Å². The number of ether oxygens (including phenoxy) is 1. The average Bonchev–Trinajstić information content (AvgIpc) is 2.93. The SMILES string of the molecule is CCCc1nn(-c2ccc(Cl)cc2)c(=O)n1CC(=O)N[C@@H]1CCCOC1. The number of nitrogens with one attached hydrogen (secondary N) is 1. The number of aromatic nitrogens is 3. The standard InChI is InChI=1S/C18H23ClN4O3/c1-2-4-16-21-23(15-8-6-13(19)7-9-15)18(25)22(16)11-17(24)20-14-5-3-10-26-12-14/h6-9,14H,2-5,10-12H2,1H3,(H,20,24)/t14-/m1/s1. The van der Waals surface area contributed by atoms with Gasteiger partial charge in [-0.2, -0.15) is 4.68 Å². The number of rotatable bonds is 6. The Labute approximate surface area is 156 Å². The molecule has 2 aromatic rings. The van der Waals surface area contributed by atoms with Crippen LogP contribution in [0.2, 0.25) is 5.02 Å². The third kappa shape index (κ3) is 4.34. The molecule has 0 unspecified atom stereocenters. The van der Waals surface area contributed by atoms with Crippen LogP contribution in [0.3, 0.4) is 0 Å². The zero-order chi connectivity index (χ0) is 18.5. The molecule has 26 heavy (non-hydrogen) atoms. The largest absolute Gasteiger partial charge is 0.379 e. The molecule has 2 heterocycles. The normalized spacial score (nSPS) is 17.2. The van der Waals surface area contributed by atoms with E-state index in [0.29, 0.717) is 29.6 Å². The molecule has 0 bridgehead atoms. The number of aryl methyl sites for hydroxylation is 1. The van der Waals surface area contributed by atoms with Crippen molar-refractivity contribution in [2.24, 2.45) is 0 Å². The van der Waals surface area contributed by atoms with E-state index in [-0.39, 0.29) is 24.2 Å². The van der Waals surface area contributed by atoms with Crippen LogP contribution in [0.4, 0.5) is 0 Å². The van der Waals surface area contributed by atoms with Crippen molar-refractivity contribution in [1.29, 1.82) is 0 Å². The van der Waals surface area contributed by atoms with E-state index in [1.807, 2.05) is 6.92 Å². The van der Waals surface area contributed by atoms with Crippen molar-refractivity contribution in [2.75, 3.05) is 13.2 Å². The topological polar surface area (TPSA) is 78.2 Å². The van der Waals surface area contributed by atoms with Gasteiger partial charge < -0.3 is 10.1 Å². The zero-order valence-electron chi connectivity index (χ0n) is 14.8. The molecule has 1 amide bonds. The Balaban J connectivity index is 1.81. The fourth-order valence-corrected chi connectivity index (χ4v) is 3.15. The summed E-state index contributed by atoms with van der Waals surface area (Å²) in [6.45, 7) is 3.22. The average molecular weight is 379 g/mol. The summed E-state index contributed by atoms with van der Waals surface area (Å²) in [4.78, 5) is 25.2. The minimum absolute atomic E-state index is 0.00730. The maximum atomic E-state index is 12.8. The smallest absolute Gasteiger partial charge is 0.351 e. The van der Waals surface area contributed by atoms with Gasteiger partial charge in [0.25, 0.3) is 0 Å². The maximum absolute atomic E-state index is 12.8. The molecule has 1 aromatic carbocycles. The maximum Gasteiger partial charge on any atom is 0.351 e. The molecule has 1 aliphatic heterocycles. The minimum atomic E-state index is -0.328. The number of halogens is 1. The molecule has 0 radical (unpaired) electrons. The lowest BCUT2D eigenvalue weighted by Gasteiger charge is -2.23. The molecule has 0 aliphatic carbocycles. The molecular weight excluding hydrogens is 356 g/mol. The third-order valence-electron chi connectivity index (χ3n) is 4.31. The Hall–Kier alpha value is -2.12. The summed E-state index contributed by atoms with van der Waals surface area (Å²) < 4.78 is 8.14. The van der Waals surface area contributed by atoms with E-state index in [4.69, 9.17) is 16.3 Å². The second kappa shape index (κ2) is 8.51. The Morgan fingerprint density at radius 3 is 2.81 bits per heavy atom. The van der Waals surface area contributed by atoms with Crippen LogP contribution < -0.4 is 11.0 Å². The van der Waals surface area contributed by atoms with Crippen molar-refractivity contribution in [3.63, 3.8) is 0 Å². The first-order valence-corrected chi connectivity index (χ1v) is 9.28. The van der Waals surface area contributed by atoms with Gasteiger partial charge in [0.1, 0.15) is 12.4 Å². The molecule has 0 saturated carbocycles. The quantitative estimate of drug-likeness (QED) is 0.833. The summed E-state index contributed by atoms with van der Waals surface area (Å²) in [5.41, 5.74) is 0.294. The molecule has 140 valence electrons. The van der Waals surface area contributed by atoms with Crippen LogP contribution in [0.15, 0.2) is 29.1 Å². The fraction of sp³-hybridized carbons (Fsp3) is 0.500. The molecule has 1 aromatic heterocycles. The highest BCUT2D eigenvalue weighted by Crippen LogP contribution is 2.12. The van der Waals surface area contributed by atoms with Gasteiger partial charge in [-0.1, -0.05) is 18.5 Å². The van der Waals surface area contributed by atoms with Gasteiger partial charge in [0.15, 0.2) is 0 Å². The van der Waals surface area contributed by atoms with Crippen LogP contribution in [-0.4, -0.2) is 39.5 Å². The number of carbonyl (C=O) groups excluding carboxylic acids is 1. The molecule has 3 rings (SSSR count). The second-order valence-corrected chi connectivity index (χ2v) is 6.84. The van der Waals surface area contributed by atoms with E-state index >= 15 is 0 Å². The zero-order valence-corrected chi connectivity index (χ0v) is 15.5. The van der Waals surface area contributed by atoms with E-state index in [9.17, 15) is 9.59 Å². The van der Waals surface area contributed by atoms with Gasteiger partial charge in [-0.15, -0.1) is 5.10 Å². The highest BCUT2D eigenvalue weighted by Gasteiger charge is 2.20. The van der Waals surface area contributed by atoms with Gasteiger partial charge in [-0.05, 0) is 43.5 Å². The van der Waals surface area contributed by atoms with E-state index < -0.39 is 0 Å². The van der Waals surface area contributed by atoms with Gasteiger partial charge >= 0.3 is 5.69 Å². The third-order valence-corrected chi connectivity index (χ3v) is 4.56. The lowest BCUT2D eigenvalue weighted by molar-refractivity contribution is -0.123. The van der Waals surface area contributed by atoms with E-state index in [0.717, 1.165) is 25.9 Å². The predicted octanol–water partition coefficient (Wildman–Crippen LogP) is 1.94. The Morgan fingerprint density at radius 1 is 1.38 bits per heavy atom. The van der Waals surface area contributed by atoms with Crippen LogP contribution in [0.25, 0.3) is 5.69 Å². The van der Waals surface area contributed by atoms with Crippen LogP contribution in [0.5, 0.6) is 0 Å². The second-order valence-electron chi connectivity index (χ2n) is 6.40. The molecule has 1 saturated heterocycles. The Morgan fingerprint density at radius 2 is 2.15 bits per heavy atom. The van der Waals surface area contributed by atoms with Crippen molar-refractivity contribution in [3.8, 4) is 5.69 Å². The number of benzene rings is 1. The first-order valence-electron chi connectivity index (χ1n) is 8.90. The van der Waals surface area contributed by atoms with Crippen molar-refractivity contribution < 1.29 is 9.53 Å². The number of amides is 1. The summed E-state index contributed by atoms with van der Waals surface area (Å²) in [5.74, 6) is 0.401.